The molecule has 64 valence electrons. The predicted molar refractivity (Wildman–Crippen MR) is 39.7 cm³/mol. The number of hydrogen-bond acceptors (Lipinski definition) is 4. The topological polar surface area (TPSA) is 55.4 Å². The summed E-state index contributed by atoms with van der Waals surface area (Å²) in [5.74, 6) is -0.730. The SMILES string of the molecule is CC(=O)CC(=O)ONC(C)C. The third-order valence-corrected chi connectivity index (χ3v) is 0.802. The third kappa shape index (κ3) is 6.99. The van der Waals surface area contributed by atoms with Crippen molar-refractivity contribution in [1.82, 2.24) is 5.48 Å². The Morgan fingerprint density at radius 2 is 2.00 bits per heavy atom. The van der Waals surface area contributed by atoms with Gasteiger partial charge in [0.25, 0.3) is 0 Å². The second kappa shape index (κ2) is 4.85. The van der Waals surface area contributed by atoms with E-state index in [9.17, 15) is 9.59 Å². The molecule has 0 heterocycles. The van der Waals surface area contributed by atoms with Crippen LogP contribution in [0.2, 0.25) is 0 Å². The average Bonchev–Trinajstić information content (AvgIpc) is 1.82. The van der Waals surface area contributed by atoms with E-state index in [0.29, 0.717) is 0 Å². The van der Waals surface area contributed by atoms with Crippen LogP contribution in [0.25, 0.3) is 0 Å². The third-order valence-electron chi connectivity index (χ3n) is 0.802. The van der Waals surface area contributed by atoms with E-state index >= 15 is 0 Å². The molecular formula is C7H13NO3. The van der Waals surface area contributed by atoms with Gasteiger partial charge in [0.05, 0.1) is 0 Å². The zero-order chi connectivity index (χ0) is 8.85. The molecule has 0 radical (unpaired) electrons. The molecule has 0 saturated carbocycles. The van der Waals surface area contributed by atoms with Crippen molar-refractivity contribution < 1.29 is 14.4 Å². The van der Waals surface area contributed by atoms with Crippen LogP contribution >= 0.6 is 0 Å². The molecule has 0 aromatic rings. The highest BCUT2D eigenvalue weighted by atomic mass is 16.7. The average molecular weight is 159 g/mol. The van der Waals surface area contributed by atoms with Crippen LogP contribution < -0.4 is 5.48 Å². The Hall–Kier alpha value is -0.900. The lowest BCUT2D eigenvalue weighted by Crippen LogP contribution is -2.27. The lowest BCUT2D eigenvalue weighted by atomic mass is 10.3. The van der Waals surface area contributed by atoms with Crippen LogP contribution in [-0.2, 0) is 14.4 Å². The van der Waals surface area contributed by atoms with E-state index in [4.69, 9.17) is 0 Å². The lowest BCUT2D eigenvalue weighted by molar-refractivity contribution is -0.153. The van der Waals surface area contributed by atoms with E-state index < -0.39 is 5.97 Å². The highest BCUT2D eigenvalue weighted by Crippen LogP contribution is 1.86. The van der Waals surface area contributed by atoms with Crippen molar-refractivity contribution in [2.24, 2.45) is 0 Å². The Morgan fingerprint density at radius 3 is 2.36 bits per heavy atom. The first-order chi connectivity index (χ1) is 5.02. The quantitative estimate of drug-likeness (QED) is 0.477. The maximum atomic E-state index is 10.7. The Kier molecular flexibility index (Phi) is 4.45. The van der Waals surface area contributed by atoms with Gasteiger partial charge in [-0.1, -0.05) is 0 Å². The number of hydroxylamine groups is 1. The van der Waals surface area contributed by atoms with E-state index in [1.54, 1.807) is 0 Å². The summed E-state index contributed by atoms with van der Waals surface area (Å²) in [7, 11) is 0. The van der Waals surface area contributed by atoms with Gasteiger partial charge in [0.15, 0.2) is 0 Å². The number of carbonyl (C=O) groups excluding carboxylic acids is 2. The second-order valence-corrected chi connectivity index (χ2v) is 2.63. The molecule has 4 nitrogen and oxygen atoms in total. The summed E-state index contributed by atoms with van der Waals surface area (Å²) in [4.78, 5) is 25.5. The van der Waals surface area contributed by atoms with Crippen molar-refractivity contribution in [3.05, 3.63) is 0 Å². The minimum absolute atomic E-state index is 0.0749. The van der Waals surface area contributed by atoms with Crippen LogP contribution in [0.4, 0.5) is 0 Å². The number of ketones is 1. The van der Waals surface area contributed by atoms with Crippen molar-refractivity contribution in [2.45, 2.75) is 33.2 Å². The van der Waals surface area contributed by atoms with Crippen molar-refractivity contribution >= 4 is 11.8 Å². The monoisotopic (exact) mass is 159 g/mol. The smallest absolute Gasteiger partial charge is 0.332 e. The standard InChI is InChI=1S/C7H13NO3/c1-5(2)8-11-7(10)4-6(3)9/h5,8H,4H2,1-3H3. The van der Waals surface area contributed by atoms with Crippen molar-refractivity contribution in [3.63, 3.8) is 0 Å². The summed E-state index contributed by atoms with van der Waals surface area (Å²) >= 11 is 0. The van der Waals surface area contributed by atoms with Gasteiger partial charge in [-0.3, -0.25) is 4.79 Å². The van der Waals surface area contributed by atoms with Crippen LogP contribution in [0.1, 0.15) is 27.2 Å². The fourth-order valence-electron chi connectivity index (χ4n) is 0.423. The van der Waals surface area contributed by atoms with Crippen LogP contribution in [0.15, 0.2) is 0 Å². The fraction of sp³-hybridized carbons (Fsp3) is 0.714. The van der Waals surface area contributed by atoms with Gasteiger partial charge < -0.3 is 4.84 Å². The Balaban J connectivity index is 3.46. The Bertz CT molecular complexity index is 154. The molecule has 0 amide bonds. The maximum absolute atomic E-state index is 10.7. The van der Waals surface area contributed by atoms with Crippen molar-refractivity contribution in [1.29, 1.82) is 0 Å². The Labute approximate surface area is 65.9 Å². The molecule has 4 heteroatoms. The molecular weight excluding hydrogens is 146 g/mol. The number of rotatable bonds is 4. The highest BCUT2D eigenvalue weighted by Gasteiger charge is 2.06. The molecule has 0 rings (SSSR count). The number of carbonyl (C=O) groups is 2. The number of nitrogens with one attached hydrogen (secondary N) is 1. The van der Waals surface area contributed by atoms with Crippen LogP contribution in [0, 0.1) is 0 Å². The van der Waals surface area contributed by atoms with Crippen LogP contribution in [0.3, 0.4) is 0 Å². The van der Waals surface area contributed by atoms with Gasteiger partial charge in [0.2, 0.25) is 0 Å². The lowest BCUT2D eigenvalue weighted by Gasteiger charge is -2.06. The summed E-state index contributed by atoms with van der Waals surface area (Å²) in [5, 5.41) is 0. The van der Waals surface area contributed by atoms with E-state index in [-0.39, 0.29) is 18.2 Å². The van der Waals surface area contributed by atoms with E-state index in [1.165, 1.54) is 6.92 Å². The molecule has 1 N–H and O–H groups in total. The van der Waals surface area contributed by atoms with Gasteiger partial charge in [-0.2, -0.15) is 5.48 Å². The molecule has 0 atom stereocenters. The first-order valence-electron chi connectivity index (χ1n) is 3.47. The minimum Gasteiger partial charge on any atom is -0.370 e. The van der Waals surface area contributed by atoms with Crippen LogP contribution in [-0.4, -0.2) is 17.8 Å². The number of Topliss-reactive ketones (excluding diaryl/α,β-unsaturated/α-hetero) is 1. The highest BCUT2D eigenvalue weighted by molar-refractivity contribution is 5.93. The van der Waals surface area contributed by atoms with Gasteiger partial charge in [0, 0.05) is 6.04 Å². The summed E-state index contributed by atoms with van der Waals surface area (Å²) < 4.78 is 0. The molecule has 11 heavy (non-hydrogen) atoms. The first kappa shape index (κ1) is 10.1. The zero-order valence-electron chi connectivity index (χ0n) is 7.01. The van der Waals surface area contributed by atoms with Gasteiger partial charge in [0.1, 0.15) is 12.2 Å². The molecule has 0 aliphatic heterocycles. The molecule has 0 aliphatic rings. The van der Waals surface area contributed by atoms with Crippen LogP contribution in [0.5, 0.6) is 0 Å². The van der Waals surface area contributed by atoms with Crippen molar-refractivity contribution in [3.8, 4) is 0 Å². The van der Waals surface area contributed by atoms with Gasteiger partial charge >= 0.3 is 5.97 Å². The summed E-state index contributed by atoms with van der Waals surface area (Å²) in [6.07, 6.45) is -0.167. The Morgan fingerprint density at radius 1 is 1.45 bits per heavy atom. The van der Waals surface area contributed by atoms with E-state index in [1.807, 2.05) is 13.8 Å². The van der Waals surface area contributed by atoms with Gasteiger partial charge in [-0.15, -0.1) is 0 Å². The maximum Gasteiger partial charge on any atom is 0.332 e. The van der Waals surface area contributed by atoms with Gasteiger partial charge in [-0.05, 0) is 20.8 Å². The van der Waals surface area contributed by atoms with Crippen molar-refractivity contribution in [2.75, 3.05) is 0 Å². The zero-order valence-corrected chi connectivity index (χ0v) is 7.01. The summed E-state index contributed by atoms with van der Waals surface area (Å²) in [6, 6.07) is 0.0749. The summed E-state index contributed by atoms with van der Waals surface area (Å²) in [5.41, 5.74) is 2.45. The normalized spacial score (nSPS) is 9.82. The molecule has 0 bridgehead atoms. The van der Waals surface area contributed by atoms with E-state index in [2.05, 4.69) is 10.3 Å². The molecule has 0 aromatic heterocycles. The molecule has 0 unspecified atom stereocenters. The summed E-state index contributed by atoms with van der Waals surface area (Å²) in [6.45, 7) is 5.01. The second-order valence-electron chi connectivity index (χ2n) is 2.63. The largest absolute Gasteiger partial charge is 0.370 e. The molecule has 0 aliphatic carbocycles. The van der Waals surface area contributed by atoms with Gasteiger partial charge in [-0.25, -0.2) is 4.79 Å². The first-order valence-corrected chi connectivity index (χ1v) is 3.47. The van der Waals surface area contributed by atoms with E-state index in [0.717, 1.165) is 0 Å². The number of hydrogen-bond donors (Lipinski definition) is 1. The molecule has 0 spiro atoms. The minimum atomic E-state index is -0.536. The predicted octanol–water partition coefficient (Wildman–Crippen LogP) is 0.422. The molecule has 0 aromatic carbocycles. The molecule has 0 fully saturated rings. The molecule has 0 saturated heterocycles. The fourth-order valence-corrected chi connectivity index (χ4v) is 0.423.